The maximum absolute atomic E-state index is 12.7. The van der Waals surface area contributed by atoms with Crippen LogP contribution in [0.3, 0.4) is 0 Å². The molecule has 0 fully saturated rings. The summed E-state index contributed by atoms with van der Waals surface area (Å²) in [6, 6.07) is 5.94. The molecule has 1 N–H and O–H groups in total. The van der Waals surface area contributed by atoms with Crippen molar-refractivity contribution < 1.29 is 13.2 Å². The molecule has 0 aliphatic heterocycles. The lowest BCUT2D eigenvalue weighted by Gasteiger charge is -2.12. The van der Waals surface area contributed by atoms with Crippen LogP contribution in [0.15, 0.2) is 42.9 Å². The van der Waals surface area contributed by atoms with Crippen molar-refractivity contribution >= 4 is 5.82 Å². The van der Waals surface area contributed by atoms with Crippen LogP contribution in [0.25, 0.3) is 0 Å². The Hall–Kier alpha value is -2.11. The van der Waals surface area contributed by atoms with Crippen molar-refractivity contribution in [1.82, 2.24) is 9.97 Å². The second-order valence-corrected chi connectivity index (χ2v) is 3.93. The third-order valence-electron chi connectivity index (χ3n) is 2.57. The topological polar surface area (TPSA) is 37.8 Å². The highest BCUT2D eigenvalue weighted by Gasteiger charge is 2.33. The predicted molar refractivity (Wildman–Crippen MR) is 65.7 cm³/mol. The summed E-state index contributed by atoms with van der Waals surface area (Å²) < 4.78 is 38.1. The van der Waals surface area contributed by atoms with Gasteiger partial charge in [-0.3, -0.25) is 4.98 Å². The van der Waals surface area contributed by atoms with Gasteiger partial charge in [0.25, 0.3) is 0 Å². The maximum Gasteiger partial charge on any atom is 0.419 e. The largest absolute Gasteiger partial charge is 0.419 e. The second kappa shape index (κ2) is 5.69. The number of halogens is 3. The molecule has 2 heterocycles. The van der Waals surface area contributed by atoms with Crippen molar-refractivity contribution in [3.8, 4) is 0 Å². The van der Waals surface area contributed by atoms with E-state index in [0.717, 1.165) is 11.6 Å². The number of rotatable bonds is 4. The van der Waals surface area contributed by atoms with Gasteiger partial charge in [0.15, 0.2) is 0 Å². The standard InChI is InChI=1S/C13H12F3N3/c14-13(15,16)11-2-1-6-18-12(11)19-9-5-10-3-7-17-8-4-10/h1-4,6-8H,5,9H2,(H,18,19). The minimum atomic E-state index is -4.40. The molecule has 0 radical (unpaired) electrons. The van der Waals surface area contributed by atoms with Gasteiger partial charge >= 0.3 is 6.18 Å². The van der Waals surface area contributed by atoms with Gasteiger partial charge in [-0.15, -0.1) is 0 Å². The first kappa shape index (κ1) is 13.3. The Morgan fingerprint density at radius 1 is 1.05 bits per heavy atom. The Balaban J connectivity index is 2.00. The van der Waals surface area contributed by atoms with Gasteiger partial charge in [0.05, 0.1) is 5.56 Å². The quantitative estimate of drug-likeness (QED) is 0.924. The molecule has 0 saturated heterocycles. The molecule has 0 atom stereocenters. The van der Waals surface area contributed by atoms with Crippen LogP contribution in [-0.4, -0.2) is 16.5 Å². The van der Waals surface area contributed by atoms with Crippen molar-refractivity contribution in [2.75, 3.05) is 11.9 Å². The van der Waals surface area contributed by atoms with E-state index in [0.29, 0.717) is 13.0 Å². The van der Waals surface area contributed by atoms with E-state index in [2.05, 4.69) is 15.3 Å². The lowest BCUT2D eigenvalue weighted by Crippen LogP contribution is -2.14. The SMILES string of the molecule is FC(F)(F)c1cccnc1NCCc1ccncc1. The van der Waals surface area contributed by atoms with Crippen molar-refractivity contribution in [2.45, 2.75) is 12.6 Å². The third-order valence-corrected chi connectivity index (χ3v) is 2.57. The fourth-order valence-electron chi connectivity index (χ4n) is 1.65. The second-order valence-electron chi connectivity index (χ2n) is 3.93. The number of hydrogen-bond donors (Lipinski definition) is 1. The van der Waals surface area contributed by atoms with Crippen molar-refractivity contribution in [2.24, 2.45) is 0 Å². The average Bonchev–Trinajstić information content (AvgIpc) is 2.39. The van der Waals surface area contributed by atoms with E-state index < -0.39 is 11.7 Å². The molecule has 0 amide bonds. The van der Waals surface area contributed by atoms with E-state index in [1.165, 1.54) is 12.3 Å². The molecule has 0 aliphatic rings. The summed E-state index contributed by atoms with van der Waals surface area (Å²) in [5, 5.41) is 2.72. The van der Waals surface area contributed by atoms with E-state index in [-0.39, 0.29) is 5.82 Å². The molecule has 100 valence electrons. The van der Waals surface area contributed by atoms with Crippen molar-refractivity contribution in [3.63, 3.8) is 0 Å². The van der Waals surface area contributed by atoms with Crippen molar-refractivity contribution in [1.29, 1.82) is 0 Å². The summed E-state index contributed by atoms with van der Waals surface area (Å²) in [5.41, 5.74) is 0.261. The van der Waals surface area contributed by atoms with Gasteiger partial charge in [0, 0.05) is 25.1 Å². The molecule has 0 saturated carbocycles. The Kier molecular flexibility index (Phi) is 3.99. The van der Waals surface area contributed by atoms with E-state index in [1.807, 2.05) is 12.1 Å². The smallest absolute Gasteiger partial charge is 0.369 e. The van der Waals surface area contributed by atoms with E-state index >= 15 is 0 Å². The van der Waals surface area contributed by atoms with Gasteiger partial charge in [-0.2, -0.15) is 13.2 Å². The Bertz CT molecular complexity index is 526. The summed E-state index contributed by atoms with van der Waals surface area (Å²) >= 11 is 0. The molecule has 19 heavy (non-hydrogen) atoms. The van der Waals surface area contributed by atoms with Crippen LogP contribution in [0.1, 0.15) is 11.1 Å². The normalized spacial score (nSPS) is 11.3. The predicted octanol–water partition coefficient (Wildman–Crippen LogP) is 3.15. The molecule has 2 aromatic rings. The molecule has 3 nitrogen and oxygen atoms in total. The summed E-state index contributed by atoms with van der Waals surface area (Å²) in [6.07, 6.45) is 0.849. The molecule has 2 rings (SSSR count). The monoisotopic (exact) mass is 267 g/mol. The zero-order chi connectivity index (χ0) is 13.7. The zero-order valence-corrected chi connectivity index (χ0v) is 9.98. The highest BCUT2D eigenvalue weighted by atomic mass is 19.4. The molecule has 0 aromatic carbocycles. The molecule has 0 unspecified atom stereocenters. The summed E-state index contributed by atoms with van der Waals surface area (Å²) in [7, 11) is 0. The Morgan fingerprint density at radius 3 is 2.47 bits per heavy atom. The number of aromatic nitrogens is 2. The van der Waals surface area contributed by atoms with Crippen LogP contribution < -0.4 is 5.32 Å². The van der Waals surface area contributed by atoms with Gasteiger partial charge in [0.2, 0.25) is 0 Å². The van der Waals surface area contributed by atoms with E-state index in [1.54, 1.807) is 12.4 Å². The number of anilines is 1. The summed E-state index contributed by atoms with van der Waals surface area (Å²) in [5.74, 6) is -0.135. The number of hydrogen-bond acceptors (Lipinski definition) is 3. The molecule has 0 aliphatic carbocycles. The highest BCUT2D eigenvalue weighted by Crippen LogP contribution is 2.33. The van der Waals surface area contributed by atoms with E-state index in [4.69, 9.17) is 0 Å². The molecule has 0 spiro atoms. The van der Waals surface area contributed by atoms with Crippen LogP contribution in [0.4, 0.5) is 19.0 Å². The van der Waals surface area contributed by atoms with Crippen LogP contribution in [0.5, 0.6) is 0 Å². The van der Waals surface area contributed by atoms with Crippen LogP contribution >= 0.6 is 0 Å². The fourth-order valence-corrected chi connectivity index (χ4v) is 1.65. The third kappa shape index (κ3) is 3.67. The van der Waals surface area contributed by atoms with Crippen LogP contribution in [-0.2, 0) is 12.6 Å². The molecule has 2 aromatic heterocycles. The average molecular weight is 267 g/mol. The van der Waals surface area contributed by atoms with Gasteiger partial charge in [-0.25, -0.2) is 4.98 Å². The molecular weight excluding hydrogens is 255 g/mol. The van der Waals surface area contributed by atoms with Crippen LogP contribution in [0, 0.1) is 0 Å². The minimum absolute atomic E-state index is 0.135. The van der Waals surface area contributed by atoms with Gasteiger partial charge < -0.3 is 5.32 Å². The first-order valence-corrected chi connectivity index (χ1v) is 5.72. The van der Waals surface area contributed by atoms with Crippen molar-refractivity contribution in [3.05, 3.63) is 54.0 Å². The summed E-state index contributed by atoms with van der Waals surface area (Å²) in [4.78, 5) is 7.61. The first-order valence-electron chi connectivity index (χ1n) is 5.72. The lowest BCUT2D eigenvalue weighted by atomic mass is 10.2. The Morgan fingerprint density at radius 2 is 1.79 bits per heavy atom. The zero-order valence-electron chi connectivity index (χ0n) is 9.98. The minimum Gasteiger partial charge on any atom is -0.369 e. The first-order chi connectivity index (χ1) is 9.07. The fraction of sp³-hybridized carbons (Fsp3) is 0.231. The number of pyridine rings is 2. The number of nitrogens with zero attached hydrogens (tertiary/aromatic N) is 2. The maximum atomic E-state index is 12.7. The van der Waals surface area contributed by atoms with Crippen LogP contribution in [0.2, 0.25) is 0 Å². The summed E-state index contributed by atoms with van der Waals surface area (Å²) in [6.45, 7) is 0.379. The molecular formula is C13H12F3N3. The highest BCUT2D eigenvalue weighted by molar-refractivity contribution is 5.45. The van der Waals surface area contributed by atoms with Gasteiger partial charge in [0.1, 0.15) is 5.82 Å². The Labute approximate surface area is 108 Å². The van der Waals surface area contributed by atoms with Gasteiger partial charge in [-0.1, -0.05) is 0 Å². The van der Waals surface area contributed by atoms with E-state index in [9.17, 15) is 13.2 Å². The molecule has 6 heteroatoms. The lowest BCUT2D eigenvalue weighted by molar-refractivity contribution is -0.137. The number of nitrogens with one attached hydrogen (secondary N) is 1. The van der Waals surface area contributed by atoms with Gasteiger partial charge in [-0.05, 0) is 36.2 Å². The molecule has 0 bridgehead atoms. The number of alkyl halides is 3.